The van der Waals surface area contributed by atoms with Crippen LogP contribution in [0.3, 0.4) is 0 Å². The third kappa shape index (κ3) is 5.04. The monoisotopic (exact) mass is 338 g/mol. The molecule has 23 heavy (non-hydrogen) atoms. The molecule has 1 aromatic carbocycles. The van der Waals surface area contributed by atoms with E-state index in [2.05, 4.69) is 6.07 Å². The number of carbonyl (C=O) groups is 1. The number of sulfonamides is 1. The molecule has 0 radical (unpaired) electrons. The molecule has 1 heterocycles. The van der Waals surface area contributed by atoms with E-state index in [4.69, 9.17) is 0 Å². The Bertz CT molecular complexity index is 656. The van der Waals surface area contributed by atoms with Gasteiger partial charge in [0.2, 0.25) is 15.9 Å². The van der Waals surface area contributed by atoms with Crippen LogP contribution in [0.25, 0.3) is 0 Å². The van der Waals surface area contributed by atoms with Gasteiger partial charge in [0.1, 0.15) is 0 Å². The summed E-state index contributed by atoms with van der Waals surface area (Å²) in [4.78, 5) is 14.3. The Morgan fingerprint density at radius 1 is 1.26 bits per heavy atom. The standard InChI is InChI=1S/C17H26N2O3S/c1-14(2)8-11-19(23(3,21)22)13-17(20)18-10-9-15-6-4-5-7-16(15)12-18/h4-7,14H,8-13H2,1-3H3. The lowest BCUT2D eigenvalue weighted by molar-refractivity contribution is -0.132. The van der Waals surface area contributed by atoms with Crippen molar-refractivity contribution in [3.05, 3.63) is 35.4 Å². The zero-order chi connectivity index (χ0) is 17.0. The van der Waals surface area contributed by atoms with Gasteiger partial charge in [-0.1, -0.05) is 38.1 Å². The molecule has 0 saturated heterocycles. The minimum absolute atomic E-state index is 0.0618. The van der Waals surface area contributed by atoms with Gasteiger partial charge in [0, 0.05) is 19.6 Å². The summed E-state index contributed by atoms with van der Waals surface area (Å²) in [6.45, 7) is 5.64. The number of rotatable bonds is 6. The minimum Gasteiger partial charge on any atom is -0.337 e. The molecule has 0 N–H and O–H groups in total. The van der Waals surface area contributed by atoms with Crippen molar-refractivity contribution >= 4 is 15.9 Å². The molecule has 0 unspecified atom stereocenters. The number of hydrogen-bond donors (Lipinski definition) is 0. The fourth-order valence-electron chi connectivity index (χ4n) is 2.72. The Kier molecular flexibility index (Phi) is 5.81. The normalized spacial score (nSPS) is 15.1. The number of nitrogens with zero attached hydrogens (tertiary/aromatic N) is 2. The quantitative estimate of drug-likeness (QED) is 0.796. The fourth-order valence-corrected chi connectivity index (χ4v) is 3.51. The van der Waals surface area contributed by atoms with E-state index in [1.54, 1.807) is 4.90 Å². The Morgan fingerprint density at radius 2 is 1.91 bits per heavy atom. The van der Waals surface area contributed by atoms with E-state index in [-0.39, 0.29) is 12.5 Å². The van der Waals surface area contributed by atoms with Crippen LogP contribution in [0, 0.1) is 5.92 Å². The Morgan fingerprint density at radius 3 is 2.52 bits per heavy atom. The smallest absolute Gasteiger partial charge is 0.238 e. The van der Waals surface area contributed by atoms with Crippen LogP contribution in [0.2, 0.25) is 0 Å². The highest BCUT2D eigenvalue weighted by Crippen LogP contribution is 2.19. The van der Waals surface area contributed by atoms with Gasteiger partial charge in [-0.3, -0.25) is 4.79 Å². The van der Waals surface area contributed by atoms with Crippen LogP contribution >= 0.6 is 0 Å². The van der Waals surface area contributed by atoms with E-state index in [0.29, 0.717) is 25.6 Å². The van der Waals surface area contributed by atoms with Gasteiger partial charge in [-0.25, -0.2) is 8.42 Å². The van der Waals surface area contributed by atoms with Gasteiger partial charge in [0.15, 0.2) is 0 Å². The zero-order valence-corrected chi connectivity index (χ0v) is 15.0. The third-order valence-corrected chi connectivity index (χ3v) is 5.47. The molecule has 1 amide bonds. The first-order valence-corrected chi connectivity index (χ1v) is 9.92. The van der Waals surface area contributed by atoms with E-state index >= 15 is 0 Å². The van der Waals surface area contributed by atoms with Crippen molar-refractivity contribution < 1.29 is 13.2 Å². The van der Waals surface area contributed by atoms with Gasteiger partial charge in [-0.2, -0.15) is 4.31 Å². The van der Waals surface area contributed by atoms with Crippen molar-refractivity contribution in [3.63, 3.8) is 0 Å². The molecule has 5 nitrogen and oxygen atoms in total. The molecule has 1 aromatic rings. The largest absolute Gasteiger partial charge is 0.337 e. The number of carbonyl (C=O) groups excluding carboxylic acids is 1. The van der Waals surface area contributed by atoms with Crippen molar-refractivity contribution in [3.8, 4) is 0 Å². The van der Waals surface area contributed by atoms with E-state index in [1.807, 2.05) is 32.0 Å². The van der Waals surface area contributed by atoms with Gasteiger partial charge >= 0.3 is 0 Å². The summed E-state index contributed by atoms with van der Waals surface area (Å²) in [7, 11) is -3.37. The van der Waals surface area contributed by atoms with E-state index < -0.39 is 10.0 Å². The highest BCUT2D eigenvalue weighted by molar-refractivity contribution is 7.88. The predicted octanol–water partition coefficient (Wildman–Crippen LogP) is 1.88. The fraction of sp³-hybridized carbons (Fsp3) is 0.588. The van der Waals surface area contributed by atoms with Crippen LogP contribution in [-0.4, -0.2) is 49.4 Å². The van der Waals surface area contributed by atoms with Crippen LogP contribution in [0.5, 0.6) is 0 Å². The third-order valence-electron chi connectivity index (χ3n) is 4.22. The molecule has 0 atom stereocenters. The molecule has 128 valence electrons. The highest BCUT2D eigenvalue weighted by Gasteiger charge is 2.25. The molecular formula is C17H26N2O3S. The van der Waals surface area contributed by atoms with Gasteiger partial charge in [-0.15, -0.1) is 0 Å². The van der Waals surface area contributed by atoms with Gasteiger partial charge in [0.25, 0.3) is 0 Å². The lowest BCUT2D eigenvalue weighted by Gasteiger charge is -2.31. The average Bonchev–Trinajstić information content (AvgIpc) is 2.49. The second-order valence-electron chi connectivity index (χ2n) is 6.61. The number of fused-ring (bicyclic) bond motifs is 1. The first kappa shape index (κ1) is 17.9. The van der Waals surface area contributed by atoms with Crippen molar-refractivity contribution in [2.45, 2.75) is 33.2 Å². The molecule has 1 aliphatic rings. The SMILES string of the molecule is CC(C)CCN(CC(=O)N1CCc2ccccc2C1)S(C)(=O)=O. The summed E-state index contributed by atoms with van der Waals surface area (Å²) in [6, 6.07) is 8.09. The molecule has 6 heteroatoms. The first-order valence-electron chi connectivity index (χ1n) is 8.07. The first-order chi connectivity index (χ1) is 10.8. The van der Waals surface area contributed by atoms with Crippen molar-refractivity contribution in [1.82, 2.24) is 9.21 Å². The molecule has 0 aromatic heterocycles. The summed E-state index contributed by atoms with van der Waals surface area (Å²) in [5.41, 5.74) is 2.43. The Hall–Kier alpha value is -1.40. The van der Waals surface area contributed by atoms with Crippen molar-refractivity contribution in [2.75, 3.05) is 25.9 Å². The maximum absolute atomic E-state index is 12.5. The summed E-state index contributed by atoms with van der Waals surface area (Å²) in [5, 5.41) is 0. The second kappa shape index (κ2) is 7.45. The summed E-state index contributed by atoms with van der Waals surface area (Å²) in [6.07, 6.45) is 2.75. The molecule has 2 rings (SSSR count). The van der Waals surface area contributed by atoms with Crippen LogP contribution in [0.4, 0.5) is 0 Å². The number of benzene rings is 1. The lowest BCUT2D eigenvalue weighted by Crippen LogP contribution is -2.44. The molecule has 0 bridgehead atoms. The van der Waals surface area contributed by atoms with E-state index in [9.17, 15) is 13.2 Å². The predicted molar refractivity (Wildman–Crippen MR) is 91.4 cm³/mol. The van der Waals surface area contributed by atoms with Crippen LogP contribution in [-0.2, 0) is 27.8 Å². The van der Waals surface area contributed by atoms with Crippen LogP contribution in [0.15, 0.2) is 24.3 Å². The van der Waals surface area contributed by atoms with Crippen molar-refractivity contribution in [1.29, 1.82) is 0 Å². The van der Waals surface area contributed by atoms with E-state index in [1.165, 1.54) is 16.1 Å². The molecular weight excluding hydrogens is 312 g/mol. The summed E-state index contributed by atoms with van der Waals surface area (Å²) in [5.74, 6) is 0.282. The van der Waals surface area contributed by atoms with Gasteiger partial charge < -0.3 is 4.90 Å². The van der Waals surface area contributed by atoms with Gasteiger partial charge in [0.05, 0.1) is 12.8 Å². The van der Waals surface area contributed by atoms with Crippen molar-refractivity contribution in [2.24, 2.45) is 5.92 Å². The van der Waals surface area contributed by atoms with E-state index in [0.717, 1.165) is 18.4 Å². The topological polar surface area (TPSA) is 57.7 Å². The Labute approximate surface area is 139 Å². The number of hydrogen-bond acceptors (Lipinski definition) is 3. The zero-order valence-electron chi connectivity index (χ0n) is 14.2. The summed E-state index contributed by atoms with van der Waals surface area (Å²) < 4.78 is 25.1. The number of amides is 1. The lowest BCUT2D eigenvalue weighted by atomic mass is 10.00. The maximum Gasteiger partial charge on any atom is 0.238 e. The maximum atomic E-state index is 12.5. The molecule has 0 fully saturated rings. The molecule has 0 aliphatic carbocycles. The van der Waals surface area contributed by atoms with Gasteiger partial charge in [-0.05, 0) is 29.9 Å². The molecule has 1 aliphatic heterocycles. The molecule has 0 saturated carbocycles. The highest BCUT2D eigenvalue weighted by atomic mass is 32.2. The summed E-state index contributed by atoms with van der Waals surface area (Å²) >= 11 is 0. The van der Waals surface area contributed by atoms with Crippen LogP contribution in [0.1, 0.15) is 31.4 Å². The minimum atomic E-state index is -3.37. The second-order valence-corrected chi connectivity index (χ2v) is 8.60. The van der Waals surface area contributed by atoms with Crippen LogP contribution < -0.4 is 0 Å². The Balaban J connectivity index is 2.02. The molecule has 0 spiro atoms. The average molecular weight is 338 g/mol.